The van der Waals surface area contributed by atoms with E-state index in [1.165, 1.54) is 47.1 Å². The number of aromatic nitrogens is 2. The Morgan fingerprint density at radius 1 is 1.03 bits per heavy atom. The third kappa shape index (κ3) is 5.08. The van der Waals surface area contributed by atoms with Gasteiger partial charge in [0.15, 0.2) is 0 Å². The average Bonchev–Trinajstić information content (AvgIpc) is 3.56. The third-order valence-corrected chi connectivity index (χ3v) is 8.97. The fourth-order valence-corrected chi connectivity index (χ4v) is 6.72. The second-order valence-electron chi connectivity index (χ2n) is 9.09. The van der Waals surface area contributed by atoms with Crippen molar-refractivity contribution in [2.24, 2.45) is 0 Å². The monoisotopic (exact) mass is 536 g/mol. The van der Waals surface area contributed by atoms with Crippen molar-refractivity contribution >= 4 is 31.2 Å². The van der Waals surface area contributed by atoms with Crippen molar-refractivity contribution in [1.82, 2.24) is 14.9 Å². The zero-order valence-electron chi connectivity index (χ0n) is 20.8. The number of benzene rings is 2. The summed E-state index contributed by atoms with van der Waals surface area (Å²) in [6, 6.07) is 15.3. The van der Waals surface area contributed by atoms with Crippen LogP contribution in [0.1, 0.15) is 41.6 Å². The van der Waals surface area contributed by atoms with Crippen LogP contribution < -0.4 is 14.8 Å². The van der Waals surface area contributed by atoms with Crippen LogP contribution in [0.4, 0.5) is 5.82 Å². The van der Waals surface area contributed by atoms with Gasteiger partial charge in [-0.15, -0.1) is 0 Å². The Morgan fingerprint density at radius 2 is 1.77 bits per heavy atom. The molecule has 0 amide bonds. The molecule has 1 aliphatic heterocycles. The Balaban J connectivity index is 1.42. The van der Waals surface area contributed by atoms with Crippen LogP contribution in [0.3, 0.4) is 0 Å². The molecule has 1 aliphatic rings. The SMILES string of the molecule is COc1cc2nc(C)nc(NC(C)c3cc(-c4ccccc4CN4CCCC4)c[se]3)c2cc1OC. The number of aryl methyl sites for hydroxylation is 1. The first-order valence-electron chi connectivity index (χ1n) is 12.1. The minimum atomic E-state index is 0.153. The van der Waals surface area contributed by atoms with Gasteiger partial charge in [-0.3, -0.25) is 0 Å². The fourth-order valence-electron chi connectivity index (χ4n) is 4.80. The van der Waals surface area contributed by atoms with Crippen molar-refractivity contribution in [1.29, 1.82) is 0 Å². The standard InChI is InChI=1S/C28H32N4O2Se/c1-18(29-28-23-14-25(33-3)26(34-4)15-24(23)30-19(2)31-28)27-13-21(17-35-27)22-10-6-5-9-20(22)16-32-11-7-8-12-32/h5-6,9-10,13-15,17-18H,7-8,11-12,16H2,1-4H3,(H,29,30,31). The molecule has 1 atom stereocenters. The topological polar surface area (TPSA) is 59.5 Å². The Kier molecular flexibility index (Phi) is 7.09. The number of rotatable bonds is 8. The summed E-state index contributed by atoms with van der Waals surface area (Å²) in [5.41, 5.74) is 4.97. The molecule has 1 N–H and O–H groups in total. The van der Waals surface area contributed by atoms with Crippen molar-refractivity contribution in [3.05, 3.63) is 63.2 Å². The average molecular weight is 536 g/mol. The Hall–Kier alpha value is -2.86. The molecule has 1 saturated heterocycles. The van der Waals surface area contributed by atoms with Crippen LogP contribution in [0.15, 0.2) is 47.4 Å². The predicted molar refractivity (Wildman–Crippen MR) is 143 cm³/mol. The van der Waals surface area contributed by atoms with Crippen molar-refractivity contribution in [3.63, 3.8) is 0 Å². The van der Waals surface area contributed by atoms with Crippen LogP contribution in [0.25, 0.3) is 22.0 Å². The molecule has 0 spiro atoms. The molecule has 3 heterocycles. The van der Waals surface area contributed by atoms with Gasteiger partial charge in [0, 0.05) is 0 Å². The van der Waals surface area contributed by atoms with Crippen molar-refractivity contribution in [3.8, 4) is 22.6 Å². The van der Waals surface area contributed by atoms with Crippen molar-refractivity contribution in [2.75, 3.05) is 32.6 Å². The molecule has 182 valence electrons. The summed E-state index contributed by atoms with van der Waals surface area (Å²) >= 11 is 0.293. The summed E-state index contributed by atoms with van der Waals surface area (Å²) in [5.74, 6) is 2.88. The van der Waals surface area contributed by atoms with E-state index >= 15 is 0 Å². The van der Waals surface area contributed by atoms with Crippen molar-refractivity contribution < 1.29 is 9.47 Å². The van der Waals surface area contributed by atoms with E-state index in [0.29, 0.717) is 26.0 Å². The molecule has 0 bridgehead atoms. The summed E-state index contributed by atoms with van der Waals surface area (Å²) in [7, 11) is 3.29. The molecule has 7 heteroatoms. The van der Waals surface area contributed by atoms with Crippen molar-refractivity contribution in [2.45, 2.75) is 39.3 Å². The number of nitrogens with zero attached hydrogens (tertiary/aromatic N) is 3. The van der Waals surface area contributed by atoms with E-state index < -0.39 is 0 Å². The second kappa shape index (κ2) is 10.4. The van der Waals surface area contributed by atoms with Gasteiger partial charge >= 0.3 is 213 Å². The van der Waals surface area contributed by atoms with Gasteiger partial charge < -0.3 is 0 Å². The van der Waals surface area contributed by atoms with Gasteiger partial charge in [0.05, 0.1) is 0 Å². The molecule has 4 aromatic rings. The molecular weight excluding hydrogens is 503 g/mol. The maximum absolute atomic E-state index is 5.53. The number of hydrogen-bond donors (Lipinski definition) is 1. The van der Waals surface area contributed by atoms with E-state index in [1.807, 2.05) is 19.1 Å². The predicted octanol–water partition coefficient (Wildman–Crippen LogP) is 5.45. The van der Waals surface area contributed by atoms with E-state index in [-0.39, 0.29) is 6.04 Å². The third-order valence-electron chi connectivity index (χ3n) is 6.63. The molecular formula is C28H32N4O2Se. The van der Waals surface area contributed by atoms with Gasteiger partial charge in [-0.25, -0.2) is 0 Å². The first kappa shape index (κ1) is 23.9. The number of nitrogens with one attached hydrogen (secondary N) is 1. The van der Waals surface area contributed by atoms with Crippen LogP contribution >= 0.6 is 0 Å². The van der Waals surface area contributed by atoms with Gasteiger partial charge in [0.1, 0.15) is 0 Å². The van der Waals surface area contributed by atoms with Gasteiger partial charge in [-0.1, -0.05) is 0 Å². The normalized spacial score (nSPS) is 14.9. The van der Waals surface area contributed by atoms with Gasteiger partial charge in [0.25, 0.3) is 0 Å². The summed E-state index contributed by atoms with van der Waals surface area (Å²) < 4.78 is 12.4. The molecule has 6 nitrogen and oxygen atoms in total. The summed E-state index contributed by atoms with van der Waals surface area (Å²) in [6.07, 6.45) is 2.63. The van der Waals surface area contributed by atoms with E-state index in [0.717, 1.165) is 29.1 Å². The first-order valence-corrected chi connectivity index (χ1v) is 14.0. The summed E-state index contributed by atoms with van der Waals surface area (Å²) in [4.78, 5) is 14.3. The Morgan fingerprint density at radius 3 is 2.54 bits per heavy atom. The molecule has 2 aromatic carbocycles. The molecule has 1 fully saturated rings. The zero-order chi connectivity index (χ0) is 24.4. The number of likely N-dealkylation sites (tertiary alicyclic amines) is 1. The summed E-state index contributed by atoms with van der Waals surface area (Å²) in [6.45, 7) is 7.59. The molecule has 1 unspecified atom stereocenters. The Bertz CT molecular complexity index is 1330. The maximum atomic E-state index is 5.53. The number of ether oxygens (including phenoxy) is 2. The van der Waals surface area contributed by atoms with E-state index in [4.69, 9.17) is 14.5 Å². The zero-order valence-corrected chi connectivity index (χ0v) is 22.5. The molecule has 0 radical (unpaired) electrons. The van der Waals surface area contributed by atoms with Crippen LogP contribution in [0, 0.1) is 6.92 Å². The number of fused-ring (bicyclic) bond motifs is 1. The fraction of sp³-hybridized carbons (Fsp3) is 0.357. The molecule has 0 saturated carbocycles. The number of anilines is 1. The van der Waals surface area contributed by atoms with E-state index in [9.17, 15) is 0 Å². The van der Waals surface area contributed by atoms with E-state index in [2.05, 4.69) is 57.4 Å². The quantitative estimate of drug-likeness (QED) is 0.303. The van der Waals surface area contributed by atoms with Crippen LogP contribution in [-0.2, 0) is 6.54 Å². The second-order valence-corrected chi connectivity index (χ2v) is 11.1. The van der Waals surface area contributed by atoms with Gasteiger partial charge in [-0.2, -0.15) is 0 Å². The van der Waals surface area contributed by atoms with Crippen LogP contribution in [0.5, 0.6) is 11.5 Å². The Labute approximate surface area is 213 Å². The molecule has 5 rings (SSSR count). The van der Waals surface area contributed by atoms with Gasteiger partial charge in [0.2, 0.25) is 0 Å². The molecule has 2 aromatic heterocycles. The van der Waals surface area contributed by atoms with E-state index in [1.54, 1.807) is 14.2 Å². The van der Waals surface area contributed by atoms with Crippen LogP contribution in [-0.4, -0.2) is 56.7 Å². The molecule has 0 aliphatic carbocycles. The number of methoxy groups -OCH3 is 2. The number of hydrogen-bond acceptors (Lipinski definition) is 6. The first-order chi connectivity index (χ1) is 17.1. The minimum absolute atomic E-state index is 0.153. The molecule has 35 heavy (non-hydrogen) atoms. The summed E-state index contributed by atoms with van der Waals surface area (Å²) in [5, 5.41) is 4.59. The van der Waals surface area contributed by atoms with Gasteiger partial charge in [-0.05, 0) is 0 Å². The van der Waals surface area contributed by atoms with Crippen LogP contribution in [0.2, 0.25) is 0 Å².